The highest BCUT2D eigenvalue weighted by molar-refractivity contribution is 7.07. The molecule has 1 atom stereocenters. The van der Waals surface area contributed by atoms with Crippen molar-refractivity contribution in [1.82, 2.24) is 5.32 Å². The molecule has 1 aromatic rings. The standard InChI is InChI=1S/C12H21NS/c1-3-5-12(13-7-4-2)9-11-6-8-14-10-11/h6,8,10,12-13H,3-5,7,9H2,1-2H3. The number of hydrogen-bond donors (Lipinski definition) is 1. The normalized spacial score (nSPS) is 13.0. The Bertz CT molecular complexity index is 218. The Kier molecular flexibility index (Phi) is 5.88. The second-order valence-corrected chi connectivity index (χ2v) is 4.56. The zero-order chi connectivity index (χ0) is 10.2. The van der Waals surface area contributed by atoms with Gasteiger partial charge in [0.15, 0.2) is 0 Å². The fourth-order valence-electron chi connectivity index (χ4n) is 1.67. The van der Waals surface area contributed by atoms with Gasteiger partial charge in [0, 0.05) is 6.04 Å². The van der Waals surface area contributed by atoms with E-state index in [4.69, 9.17) is 0 Å². The van der Waals surface area contributed by atoms with E-state index in [-0.39, 0.29) is 0 Å². The van der Waals surface area contributed by atoms with Gasteiger partial charge in [-0.15, -0.1) is 0 Å². The molecule has 0 fully saturated rings. The van der Waals surface area contributed by atoms with E-state index in [0.717, 1.165) is 6.54 Å². The minimum Gasteiger partial charge on any atom is -0.314 e. The van der Waals surface area contributed by atoms with E-state index in [1.54, 1.807) is 11.3 Å². The van der Waals surface area contributed by atoms with Crippen molar-refractivity contribution in [2.45, 2.75) is 45.6 Å². The van der Waals surface area contributed by atoms with E-state index in [1.807, 2.05) is 0 Å². The van der Waals surface area contributed by atoms with Gasteiger partial charge in [0.1, 0.15) is 0 Å². The highest BCUT2D eigenvalue weighted by Crippen LogP contribution is 2.11. The summed E-state index contributed by atoms with van der Waals surface area (Å²) in [4.78, 5) is 0. The first kappa shape index (κ1) is 11.7. The van der Waals surface area contributed by atoms with Crippen LogP contribution in [0.25, 0.3) is 0 Å². The molecule has 2 heteroatoms. The molecule has 0 saturated heterocycles. The van der Waals surface area contributed by atoms with Crippen molar-refractivity contribution in [2.75, 3.05) is 6.54 Å². The van der Waals surface area contributed by atoms with E-state index in [9.17, 15) is 0 Å². The SMILES string of the molecule is CCCNC(CCC)Cc1ccsc1. The van der Waals surface area contributed by atoms with Crippen molar-refractivity contribution < 1.29 is 0 Å². The van der Waals surface area contributed by atoms with Crippen molar-refractivity contribution >= 4 is 11.3 Å². The van der Waals surface area contributed by atoms with Crippen LogP contribution in [-0.4, -0.2) is 12.6 Å². The quantitative estimate of drug-likeness (QED) is 0.728. The molecule has 0 saturated carbocycles. The summed E-state index contributed by atoms with van der Waals surface area (Å²) in [7, 11) is 0. The molecule has 1 rings (SSSR count). The molecule has 0 radical (unpaired) electrons. The van der Waals surface area contributed by atoms with Crippen LogP contribution in [0, 0.1) is 0 Å². The summed E-state index contributed by atoms with van der Waals surface area (Å²) in [6.07, 6.45) is 4.97. The molecule has 0 aliphatic heterocycles. The van der Waals surface area contributed by atoms with Crippen LogP contribution in [0.4, 0.5) is 0 Å². The summed E-state index contributed by atoms with van der Waals surface area (Å²) in [5.74, 6) is 0. The van der Waals surface area contributed by atoms with Crippen molar-refractivity contribution in [3.63, 3.8) is 0 Å². The Balaban J connectivity index is 2.34. The van der Waals surface area contributed by atoms with E-state index in [2.05, 4.69) is 36.0 Å². The monoisotopic (exact) mass is 211 g/mol. The highest BCUT2D eigenvalue weighted by atomic mass is 32.1. The molecule has 1 heterocycles. The van der Waals surface area contributed by atoms with Crippen LogP contribution < -0.4 is 5.32 Å². The molecule has 80 valence electrons. The highest BCUT2D eigenvalue weighted by Gasteiger charge is 2.07. The Morgan fingerprint density at radius 3 is 2.79 bits per heavy atom. The average Bonchev–Trinajstić information content (AvgIpc) is 2.67. The smallest absolute Gasteiger partial charge is 0.0108 e. The summed E-state index contributed by atoms with van der Waals surface area (Å²) < 4.78 is 0. The fraction of sp³-hybridized carbons (Fsp3) is 0.667. The van der Waals surface area contributed by atoms with Crippen molar-refractivity contribution in [1.29, 1.82) is 0 Å². The van der Waals surface area contributed by atoms with Crippen LogP contribution in [0.1, 0.15) is 38.7 Å². The topological polar surface area (TPSA) is 12.0 Å². The van der Waals surface area contributed by atoms with Gasteiger partial charge in [-0.05, 0) is 48.2 Å². The lowest BCUT2D eigenvalue weighted by molar-refractivity contribution is 0.473. The van der Waals surface area contributed by atoms with Crippen LogP contribution in [0.5, 0.6) is 0 Å². The second-order valence-electron chi connectivity index (χ2n) is 3.78. The fourth-order valence-corrected chi connectivity index (χ4v) is 2.35. The molecule has 0 spiro atoms. The third kappa shape index (κ3) is 4.25. The molecule has 0 aromatic carbocycles. The van der Waals surface area contributed by atoms with E-state index in [1.165, 1.54) is 31.2 Å². The Morgan fingerprint density at radius 2 is 2.21 bits per heavy atom. The first-order valence-corrected chi connectivity index (χ1v) is 6.55. The maximum atomic E-state index is 3.61. The van der Waals surface area contributed by atoms with Gasteiger partial charge < -0.3 is 5.32 Å². The number of thiophene rings is 1. The van der Waals surface area contributed by atoms with Gasteiger partial charge in [-0.1, -0.05) is 20.3 Å². The zero-order valence-electron chi connectivity index (χ0n) is 9.25. The zero-order valence-corrected chi connectivity index (χ0v) is 10.1. The summed E-state index contributed by atoms with van der Waals surface area (Å²) in [6, 6.07) is 2.91. The summed E-state index contributed by atoms with van der Waals surface area (Å²) in [6.45, 7) is 5.63. The van der Waals surface area contributed by atoms with Crippen LogP contribution in [0.2, 0.25) is 0 Å². The van der Waals surface area contributed by atoms with Crippen LogP contribution >= 0.6 is 11.3 Å². The van der Waals surface area contributed by atoms with Gasteiger partial charge in [0.2, 0.25) is 0 Å². The maximum absolute atomic E-state index is 3.61. The molecule has 14 heavy (non-hydrogen) atoms. The molecule has 0 aliphatic rings. The maximum Gasteiger partial charge on any atom is 0.0108 e. The second kappa shape index (κ2) is 7.02. The van der Waals surface area contributed by atoms with E-state index >= 15 is 0 Å². The first-order valence-electron chi connectivity index (χ1n) is 5.61. The Labute approximate surface area is 91.5 Å². The summed E-state index contributed by atoms with van der Waals surface area (Å²) in [5.41, 5.74) is 1.48. The van der Waals surface area contributed by atoms with Crippen LogP contribution in [0.3, 0.4) is 0 Å². The molecular formula is C12H21NS. The number of hydrogen-bond acceptors (Lipinski definition) is 2. The van der Waals surface area contributed by atoms with Crippen LogP contribution in [-0.2, 0) is 6.42 Å². The molecular weight excluding hydrogens is 190 g/mol. The van der Waals surface area contributed by atoms with Gasteiger partial charge in [-0.2, -0.15) is 11.3 Å². The molecule has 1 N–H and O–H groups in total. The molecule has 0 aliphatic carbocycles. The molecule has 0 bridgehead atoms. The number of rotatable bonds is 7. The van der Waals surface area contributed by atoms with Gasteiger partial charge in [0.25, 0.3) is 0 Å². The Morgan fingerprint density at radius 1 is 1.36 bits per heavy atom. The predicted molar refractivity (Wildman–Crippen MR) is 65.0 cm³/mol. The van der Waals surface area contributed by atoms with Gasteiger partial charge in [-0.3, -0.25) is 0 Å². The van der Waals surface area contributed by atoms with Crippen molar-refractivity contribution in [3.05, 3.63) is 22.4 Å². The first-order chi connectivity index (χ1) is 6.86. The minimum absolute atomic E-state index is 0.676. The van der Waals surface area contributed by atoms with E-state index < -0.39 is 0 Å². The number of nitrogens with one attached hydrogen (secondary N) is 1. The lowest BCUT2D eigenvalue weighted by Crippen LogP contribution is -2.31. The van der Waals surface area contributed by atoms with Crippen LogP contribution in [0.15, 0.2) is 16.8 Å². The minimum atomic E-state index is 0.676. The van der Waals surface area contributed by atoms with Gasteiger partial charge in [-0.25, -0.2) is 0 Å². The van der Waals surface area contributed by atoms with Gasteiger partial charge >= 0.3 is 0 Å². The third-order valence-electron chi connectivity index (χ3n) is 2.38. The predicted octanol–water partition coefficient (Wildman–Crippen LogP) is 3.46. The van der Waals surface area contributed by atoms with E-state index in [0.29, 0.717) is 6.04 Å². The molecule has 1 aromatic heterocycles. The summed E-state index contributed by atoms with van der Waals surface area (Å²) >= 11 is 1.80. The average molecular weight is 211 g/mol. The third-order valence-corrected chi connectivity index (χ3v) is 3.11. The molecule has 1 nitrogen and oxygen atoms in total. The van der Waals surface area contributed by atoms with Crippen molar-refractivity contribution in [3.8, 4) is 0 Å². The van der Waals surface area contributed by atoms with Gasteiger partial charge in [0.05, 0.1) is 0 Å². The summed E-state index contributed by atoms with van der Waals surface area (Å²) in [5, 5.41) is 8.04. The molecule has 0 amide bonds. The largest absolute Gasteiger partial charge is 0.314 e. The Hall–Kier alpha value is -0.340. The van der Waals surface area contributed by atoms with Crippen molar-refractivity contribution in [2.24, 2.45) is 0 Å². The lowest BCUT2D eigenvalue weighted by Gasteiger charge is -2.16. The lowest BCUT2D eigenvalue weighted by atomic mass is 10.0. The molecule has 1 unspecified atom stereocenters.